The van der Waals surface area contributed by atoms with Gasteiger partial charge in [0, 0.05) is 17.6 Å². The molecule has 1 rings (SSSR count). The fraction of sp³-hybridized carbons (Fsp3) is 0.571. The lowest BCUT2D eigenvalue weighted by molar-refractivity contribution is 0.0116. The minimum absolute atomic E-state index is 0.120. The van der Waals surface area contributed by atoms with Crippen LogP contribution in [0.1, 0.15) is 43.9 Å². The number of nitrogens with two attached hydrogens (primary N) is 1. The lowest BCUT2D eigenvalue weighted by atomic mass is 9.94. The predicted octanol–water partition coefficient (Wildman–Crippen LogP) is 3.47. The monoisotopic (exact) mass is 314 g/mol. The molecule has 4 heteroatoms. The Labute approximate surface area is 118 Å². The van der Waals surface area contributed by atoms with Gasteiger partial charge in [0.2, 0.25) is 0 Å². The van der Waals surface area contributed by atoms with Gasteiger partial charge in [-0.15, -0.1) is 0 Å². The molecule has 1 aromatic rings. The highest BCUT2D eigenvalue weighted by molar-refractivity contribution is 9.10. The Morgan fingerprint density at radius 2 is 2.11 bits per heavy atom. The second-order valence-corrected chi connectivity index (χ2v) is 5.99. The lowest BCUT2D eigenvalue weighted by Crippen LogP contribution is -2.31. The molecule has 1 unspecified atom stereocenters. The van der Waals surface area contributed by atoms with Crippen molar-refractivity contribution in [1.82, 2.24) is 5.43 Å². The van der Waals surface area contributed by atoms with E-state index in [2.05, 4.69) is 60.3 Å². The minimum Gasteiger partial charge on any atom is -0.379 e. The normalized spacial score (nSPS) is 13.7. The van der Waals surface area contributed by atoms with Crippen LogP contribution in [-0.2, 0) is 4.74 Å². The predicted molar refractivity (Wildman–Crippen MR) is 79.3 cm³/mol. The summed E-state index contributed by atoms with van der Waals surface area (Å²) in [4.78, 5) is 0. The van der Waals surface area contributed by atoms with Gasteiger partial charge in [0.15, 0.2) is 0 Å². The average molecular weight is 315 g/mol. The Kier molecular flexibility index (Phi) is 5.79. The van der Waals surface area contributed by atoms with Gasteiger partial charge in [-0.1, -0.05) is 34.1 Å². The molecule has 0 amide bonds. The van der Waals surface area contributed by atoms with E-state index in [0.717, 1.165) is 17.3 Å². The SMILES string of the molecule is COC(C)(C)CCC(NN)c1cccc(C)c1Br. The second kappa shape index (κ2) is 6.66. The van der Waals surface area contributed by atoms with Gasteiger partial charge in [0.1, 0.15) is 0 Å². The van der Waals surface area contributed by atoms with Gasteiger partial charge in [0.05, 0.1) is 5.60 Å². The molecule has 0 saturated heterocycles. The van der Waals surface area contributed by atoms with Crippen molar-refractivity contribution in [2.45, 2.75) is 45.3 Å². The average Bonchev–Trinajstić information content (AvgIpc) is 2.35. The van der Waals surface area contributed by atoms with Crippen LogP contribution < -0.4 is 11.3 Å². The molecule has 3 nitrogen and oxygen atoms in total. The van der Waals surface area contributed by atoms with E-state index >= 15 is 0 Å². The number of rotatable bonds is 6. The van der Waals surface area contributed by atoms with E-state index in [0.29, 0.717) is 0 Å². The van der Waals surface area contributed by atoms with Crippen LogP contribution in [0.5, 0.6) is 0 Å². The zero-order valence-electron chi connectivity index (χ0n) is 11.6. The van der Waals surface area contributed by atoms with Crippen LogP contribution in [0.25, 0.3) is 0 Å². The molecule has 0 aliphatic heterocycles. The van der Waals surface area contributed by atoms with Gasteiger partial charge in [-0.25, -0.2) is 0 Å². The van der Waals surface area contributed by atoms with Crippen LogP contribution >= 0.6 is 15.9 Å². The number of nitrogens with one attached hydrogen (secondary N) is 1. The molecule has 1 atom stereocenters. The van der Waals surface area contributed by atoms with Gasteiger partial charge in [-0.05, 0) is 44.7 Å². The Morgan fingerprint density at radius 3 is 2.67 bits per heavy atom. The quantitative estimate of drug-likeness (QED) is 0.624. The summed E-state index contributed by atoms with van der Waals surface area (Å²) in [5.74, 6) is 5.68. The van der Waals surface area contributed by atoms with Crippen LogP contribution in [0.4, 0.5) is 0 Å². The molecule has 1 aromatic carbocycles. The van der Waals surface area contributed by atoms with Crippen molar-refractivity contribution in [3.8, 4) is 0 Å². The number of ether oxygens (including phenoxy) is 1. The Hall–Kier alpha value is -0.420. The first-order valence-electron chi connectivity index (χ1n) is 6.17. The summed E-state index contributed by atoms with van der Waals surface area (Å²) in [6.45, 7) is 6.26. The summed E-state index contributed by atoms with van der Waals surface area (Å²) in [5.41, 5.74) is 5.20. The molecule has 0 heterocycles. The number of aryl methyl sites for hydroxylation is 1. The number of benzene rings is 1. The molecule has 0 fully saturated rings. The molecule has 18 heavy (non-hydrogen) atoms. The molecule has 0 radical (unpaired) electrons. The number of methoxy groups -OCH3 is 1. The van der Waals surface area contributed by atoms with Crippen molar-refractivity contribution in [2.24, 2.45) is 5.84 Å². The number of halogens is 1. The van der Waals surface area contributed by atoms with Crippen molar-refractivity contribution in [3.05, 3.63) is 33.8 Å². The van der Waals surface area contributed by atoms with Gasteiger partial charge in [-0.2, -0.15) is 0 Å². The maximum atomic E-state index is 5.68. The van der Waals surface area contributed by atoms with Crippen LogP contribution in [0, 0.1) is 6.92 Å². The Balaban J connectivity index is 2.81. The molecule has 0 bridgehead atoms. The van der Waals surface area contributed by atoms with Gasteiger partial charge in [-0.3, -0.25) is 11.3 Å². The molecule has 0 saturated carbocycles. The Morgan fingerprint density at radius 1 is 1.44 bits per heavy atom. The van der Waals surface area contributed by atoms with Crippen LogP contribution in [0.2, 0.25) is 0 Å². The third kappa shape index (κ3) is 4.05. The highest BCUT2D eigenvalue weighted by Gasteiger charge is 2.21. The zero-order chi connectivity index (χ0) is 13.8. The van der Waals surface area contributed by atoms with Crippen molar-refractivity contribution in [2.75, 3.05) is 7.11 Å². The first-order chi connectivity index (χ1) is 8.41. The molecular weight excluding hydrogens is 292 g/mol. The maximum absolute atomic E-state index is 5.68. The standard InChI is InChI=1S/C14H23BrN2O/c1-10-6-5-7-11(13(10)15)12(17-16)8-9-14(2,3)18-4/h5-7,12,17H,8-9,16H2,1-4H3. The van der Waals surface area contributed by atoms with E-state index < -0.39 is 0 Å². The smallest absolute Gasteiger partial charge is 0.0623 e. The maximum Gasteiger partial charge on any atom is 0.0623 e. The third-order valence-electron chi connectivity index (χ3n) is 3.39. The second-order valence-electron chi connectivity index (χ2n) is 5.20. The fourth-order valence-corrected chi connectivity index (χ4v) is 2.40. The molecule has 102 valence electrons. The number of hydrogen-bond acceptors (Lipinski definition) is 3. The summed E-state index contributed by atoms with van der Waals surface area (Å²) in [6, 6.07) is 6.37. The van der Waals surface area contributed by atoms with Crippen LogP contribution in [-0.4, -0.2) is 12.7 Å². The summed E-state index contributed by atoms with van der Waals surface area (Å²) in [5, 5.41) is 0. The largest absolute Gasteiger partial charge is 0.379 e. The zero-order valence-corrected chi connectivity index (χ0v) is 13.2. The summed E-state index contributed by atoms with van der Waals surface area (Å²) < 4.78 is 6.57. The van der Waals surface area contributed by atoms with Gasteiger partial charge >= 0.3 is 0 Å². The summed E-state index contributed by atoms with van der Waals surface area (Å²) in [6.07, 6.45) is 1.87. The third-order valence-corrected chi connectivity index (χ3v) is 4.47. The summed E-state index contributed by atoms with van der Waals surface area (Å²) in [7, 11) is 1.74. The van der Waals surface area contributed by atoms with Crippen molar-refractivity contribution < 1.29 is 4.74 Å². The van der Waals surface area contributed by atoms with Crippen LogP contribution in [0.15, 0.2) is 22.7 Å². The van der Waals surface area contributed by atoms with E-state index in [9.17, 15) is 0 Å². The fourth-order valence-electron chi connectivity index (χ4n) is 1.86. The molecule has 0 aromatic heterocycles. The topological polar surface area (TPSA) is 47.3 Å². The first-order valence-corrected chi connectivity index (χ1v) is 6.97. The van der Waals surface area contributed by atoms with Crippen molar-refractivity contribution in [3.63, 3.8) is 0 Å². The lowest BCUT2D eigenvalue weighted by Gasteiger charge is -2.26. The number of hydrogen-bond donors (Lipinski definition) is 2. The van der Waals surface area contributed by atoms with Crippen molar-refractivity contribution in [1.29, 1.82) is 0 Å². The highest BCUT2D eigenvalue weighted by Crippen LogP contribution is 2.30. The number of hydrazine groups is 1. The molecule has 0 aliphatic rings. The van der Waals surface area contributed by atoms with E-state index in [1.807, 2.05) is 0 Å². The van der Waals surface area contributed by atoms with E-state index in [1.165, 1.54) is 11.1 Å². The van der Waals surface area contributed by atoms with E-state index in [1.54, 1.807) is 7.11 Å². The minimum atomic E-state index is -0.120. The molecular formula is C14H23BrN2O. The summed E-state index contributed by atoms with van der Waals surface area (Å²) >= 11 is 3.63. The van der Waals surface area contributed by atoms with E-state index in [4.69, 9.17) is 10.6 Å². The van der Waals surface area contributed by atoms with Crippen LogP contribution in [0.3, 0.4) is 0 Å². The highest BCUT2D eigenvalue weighted by atomic mass is 79.9. The van der Waals surface area contributed by atoms with Gasteiger partial charge < -0.3 is 4.74 Å². The first kappa shape index (κ1) is 15.6. The molecule has 0 spiro atoms. The van der Waals surface area contributed by atoms with E-state index in [-0.39, 0.29) is 11.6 Å². The van der Waals surface area contributed by atoms with Crippen molar-refractivity contribution >= 4 is 15.9 Å². The Bertz CT molecular complexity index is 393. The molecule has 3 N–H and O–H groups in total. The molecule has 0 aliphatic carbocycles. The van der Waals surface area contributed by atoms with Gasteiger partial charge in [0.25, 0.3) is 0 Å².